The zero-order chi connectivity index (χ0) is 15.4. The fourth-order valence-electron chi connectivity index (χ4n) is 2.06. The highest BCUT2D eigenvalue weighted by molar-refractivity contribution is 6.30. The number of nitrogen functional groups attached to an aromatic ring is 1. The Bertz CT molecular complexity index is 608. The molecule has 0 radical (unpaired) electrons. The molecule has 1 aromatic carbocycles. The van der Waals surface area contributed by atoms with Crippen molar-refractivity contribution in [3.05, 3.63) is 58.9 Å². The second-order valence-electron chi connectivity index (χ2n) is 5.22. The Morgan fingerprint density at radius 1 is 1.19 bits per heavy atom. The van der Waals surface area contributed by atoms with Gasteiger partial charge < -0.3 is 11.1 Å². The van der Waals surface area contributed by atoms with Crippen molar-refractivity contribution in [1.29, 1.82) is 0 Å². The van der Waals surface area contributed by atoms with E-state index < -0.39 is 0 Å². The van der Waals surface area contributed by atoms with Gasteiger partial charge in [-0.3, -0.25) is 4.79 Å². The van der Waals surface area contributed by atoms with Crippen LogP contribution < -0.4 is 11.1 Å². The van der Waals surface area contributed by atoms with Gasteiger partial charge in [0.1, 0.15) is 5.69 Å². The van der Waals surface area contributed by atoms with Gasteiger partial charge in [0.15, 0.2) is 0 Å². The average Bonchev–Trinajstić information content (AvgIpc) is 2.46. The molecular weight excluding hydrogens is 286 g/mol. The smallest absolute Gasteiger partial charge is 0.270 e. The Morgan fingerprint density at radius 3 is 2.38 bits per heavy atom. The lowest BCUT2D eigenvalue weighted by Gasteiger charge is -2.22. The number of nitrogens with one attached hydrogen (secondary N) is 1. The van der Waals surface area contributed by atoms with Crippen molar-refractivity contribution in [3.63, 3.8) is 0 Å². The summed E-state index contributed by atoms with van der Waals surface area (Å²) in [6, 6.07) is 10.7. The number of pyridine rings is 1. The Balaban J connectivity index is 2.18. The van der Waals surface area contributed by atoms with E-state index in [0.717, 1.165) is 5.56 Å². The van der Waals surface area contributed by atoms with E-state index in [-0.39, 0.29) is 17.9 Å². The molecule has 1 amide bonds. The first kappa shape index (κ1) is 15.3. The Hall–Kier alpha value is -2.07. The van der Waals surface area contributed by atoms with Gasteiger partial charge in [-0.1, -0.05) is 37.6 Å². The fourth-order valence-corrected chi connectivity index (χ4v) is 2.19. The van der Waals surface area contributed by atoms with Gasteiger partial charge in [0.2, 0.25) is 0 Å². The highest BCUT2D eigenvalue weighted by Gasteiger charge is 2.19. The van der Waals surface area contributed by atoms with Crippen molar-refractivity contribution >= 4 is 23.2 Å². The highest BCUT2D eigenvalue weighted by Crippen LogP contribution is 2.23. The maximum Gasteiger partial charge on any atom is 0.270 e. The number of halogens is 1. The third-order valence-electron chi connectivity index (χ3n) is 3.20. The lowest BCUT2D eigenvalue weighted by Crippen LogP contribution is -2.32. The van der Waals surface area contributed by atoms with E-state index in [1.54, 1.807) is 12.1 Å². The van der Waals surface area contributed by atoms with E-state index in [2.05, 4.69) is 24.1 Å². The monoisotopic (exact) mass is 303 g/mol. The van der Waals surface area contributed by atoms with Gasteiger partial charge in [-0.25, -0.2) is 4.98 Å². The fraction of sp³-hybridized carbons (Fsp3) is 0.250. The van der Waals surface area contributed by atoms with Crippen LogP contribution in [0.25, 0.3) is 0 Å². The molecule has 0 aliphatic carbocycles. The Morgan fingerprint density at radius 2 is 1.86 bits per heavy atom. The molecule has 0 bridgehead atoms. The number of hydrogen-bond donors (Lipinski definition) is 2. The largest absolute Gasteiger partial charge is 0.397 e. The minimum absolute atomic E-state index is 0.103. The first-order valence-corrected chi connectivity index (χ1v) is 7.13. The Kier molecular flexibility index (Phi) is 4.81. The summed E-state index contributed by atoms with van der Waals surface area (Å²) in [7, 11) is 0. The number of nitrogens with two attached hydrogens (primary N) is 1. The summed E-state index contributed by atoms with van der Waals surface area (Å²) in [5.74, 6) is 0.0209. The van der Waals surface area contributed by atoms with Crippen molar-refractivity contribution in [2.45, 2.75) is 19.9 Å². The molecule has 110 valence electrons. The zero-order valence-corrected chi connectivity index (χ0v) is 12.8. The standard InChI is InChI=1S/C16H18ClN3O/c1-10(2)15(11-3-5-12(17)6-4-11)20-16(21)14-8-7-13(18)9-19-14/h3-10,15H,18H2,1-2H3,(H,20,21). The highest BCUT2D eigenvalue weighted by atomic mass is 35.5. The summed E-state index contributed by atoms with van der Waals surface area (Å²) in [5, 5.41) is 3.68. The molecule has 0 fully saturated rings. The molecule has 1 atom stereocenters. The number of nitrogens with zero attached hydrogens (tertiary/aromatic N) is 1. The second-order valence-corrected chi connectivity index (χ2v) is 5.66. The van der Waals surface area contributed by atoms with Crippen molar-refractivity contribution < 1.29 is 4.79 Å². The number of anilines is 1. The van der Waals surface area contributed by atoms with E-state index in [4.69, 9.17) is 17.3 Å². The molecule has 1 heterocycles. The van der Waals surface area contributed by atoms with Crippen LogP contribution in [0.5, 0.6) is 0 Å². The van der Waals surface area contributed by atoms with E-state index in [0.29, 0.717) is 16.4 Å². The molecule has 2 rings (SSSR count). The molecule has 3 N–H and O–H groups in total. The third kappa shape index (κ3) is 3.95. The first-order chi connectivity index (χ1) is 9.97. The van der Waals surface area contributed by atoms with Crippen molar-refractivity contribution in [3.8, 4) is 0 Å². The molecule has 21 heavy (non-hydrogen) atoms. The summed E-state index contributed by atoms with van der Waals surface area (Å²) < 4.78 is 0. The summed E-state index contributed by atoms with van der Waals surface area (Å²) in [5.41, 5.74) is 7.47. The molecular formula is C16H18ClN3O. The summed E-state index contributed by atoms with van der Waals surface area (Å²) in [4.78, 5) is 16.3. The van der Waals surface area contributed by atoms with E-state index in [1.165, 1.54) is 6.20 Å². The number of amides is 1. The summed E-state index contributed by atoms with van der Waals surface area (Å²) in [6.07, 6.45) is 1.47. The molecule has 4 nitrogen and oxygen atoms in total. The summed E-state index contributed by atoms with van der Waals surface area (Å²) >= 11 is 5.90. The normalized spacial score (nSPS) is 12.2. The molecule has 1 unspecified atom stereocenters. The van der Waals surface area contributed by atoms with Crippen LogP contribution in [0, 0.1) is 5.92 Å². The predicted molar refractivity (Wildman–Crippen MR) is 85.1 cm³/mol. The number of hydrogen-bond acceptors (Lipinski definition) is 3. The van der Waals surface area contributed by atoms with Crippen LogP contribution in [-0.2, 0) is 0 Å². The quantitative estimate of drug-likeness (QED) is 0.909. The van der Waals surface area contributed by atoms with Gasteiger partial charge in [0.05, 0.1) is 17.9 Å². The van der Waals surface area contributed by atoms with Crippen LogP contribution in [0.4, 0.5) is 5.69 Å². The van der Waals surface area contributed by atoms with Crippen LogP contribution in [0.3, 0.4) is 0 Å². The van der Waals surface area contributed by atoms with Crippen LogP contribution >= 0.6 is 11.6 Å². The minimum Gasteiger partial charge on any atom is -0.397 e. The molecule has 0 aliphatic rings. The molecule has 1 aromatic heterocycles. The maximum absolute atomic E-state index is 12.3. The second kappa shape index (κ2) is 6.59. The van der Waals surface area contributed by atoms with Crippen molar-refractivity contribution in [1.82, 2.24) is 10.3 Å². The predicted octanol–water partition coefficient (Wildman–Crippen LogP) is 3.44. The lowest BCUT2D eigenvalue weighted by molar-refractivity contribution is 0.0920. The minimum atomic E-state index is -0.219. The number of benzene rings is 1. The van der Waals surface area contributed by atoms with Crippen LogP contribution in [-0.4, -0.2) is 10.9 Å². The molecule has 5 heteroatoms. The average molecular weight is 304 g/mol. The zero-order valence-electron chi connectivity index (χ0n) is 12.0. The number of rotatable bonds is 4. The van der Waals surface area contributed by atoms with Gasteiger partial charge >= 0.3 is 0 Å². The van der Waals surface area contributed by atoms with Gasteiger partial charge in [0, 0.05) is 5.02 Å². The number of carbonyl (C=O) groups is 1. The maximum atomic E-state index is 12.3. The Labute approximate surface area is 129 Å². The van der Waals surface area contributed by atoms with Gasteiger partial charge in [-0.2, -0.15) is 0 Å². The molecule has 0 saturated heterocycles. The van der Waals surface area contributed by atoms with E-state index >= 15 is 0 Å². The van der Waals surface area contributed by atoms with Gasteiger partial charge in [-0.15, -0.1) is 0 Å². The third-order valence-corrected chi connectivity index (χ3v) is 3.45. The molecule has 0 spiro atoms. The van der Waals surface area contributed by atoms with Crippen LogP contribution in [0.1, 0.15) is 35.9 Å². The lowest BCUT2D eigenvalue weighted by atomic mass is 9.96. The summed E-state index contributed by atoms with van der Waals surface area (Å²) in [6.45, 7) is 4.10. The van der Waals surface area contributed by atoms with Crippen molar-refractivity contribution in [2.24, 2.45) is 5.92 Å². The van der Waals surface area contributed by atoms with Gasteiger partial charge in [0.25, 0.3) is 5.91 Å². The molecule has 0 aliphatic heterocycles. The number of carbonyl (C=O) groups excluding carboxylic acids is 1. The number of aromatic nitrogens is 1. The van der Waals surface area contributed by atoms with E-state index in [9.17, 15) is 4.79 Å². The van der Waals surface area contributed by atoms with Crippen molar-refractivity contribution in [2.75, 3.05) is 5.73 Å². The SMILES string of the molecule is CC(C)C(NC(=O)c1ccc(N)cn1)c1ccc(Cl)cc1. The molecule has 2 aromatic rings. The van der Waals surface area contributed by atoms with Crippen LogP contribution in [0.2, 0.25) is 5.02 Å². The molecule has 0 saturated carbocycles. The topological polar surface area (TPSA) is 68.0 Å². The van der Waals surface area contributed by atoms with E-state index in [1.807, 2.05) is 24.3 Å². The van der Waals surface area contributed by atoms with Crippen LogP contribution in [0.15, 0.2) is 42.6 Å². The van der Waals surface area contributed by atoms with Gasteiger partial charge in [-0.05, 0) is 35.7 Å². The first-order valence-electron chi connectivity index (χ1n) is 6.75.